The maximum atomic E-state index is 13.2. The van der Waals surface area contributed by atoms with E-state index in [4.69, 9.17) is 17.3 Å². The molecule has 10 heteroatoms. The van der Waals surface area contributed by atoms with E-state index in [1.165, 1.54) is 13.8 Å². The van der Waals surface area contributed by atoms with Crippen LogP contribution in [0.1, 0.15) is 13.8 Å². The minimum absolute atomic E-state index is 0.228. The Morgan fingerprint density at radius 1 is 1.33 bits per heavy atom. The summed E-state index contributed by atoms with van der Waals surface area (Å²) in [6.07, 6.45) is -4.73. The molecule has 0 spiro atoms. The first-order chi connectivity index (χ1) is 9.36. The molecule has 0 unspecified atom stereocenters. The van der Waals surface area contributed by atoms with Gasteiger partial charge in [-0.05, 0) is 26.0 Å². The topological polar surface area (TPSA) is 63.4 Å². The summed E-state index contributed by atoms with van der Waals surface area (Å²) < 4.78 is 75.6. The lowest BCUT2D eigenvalue weighted by atomic mass is 10.3. The normalized spacial score (nSPS) is 13.2. The summed E-state index contributed by atoms with van der Waals surface area (Å²) in [4.78, 5) is -0.666. The van der Waals surface area contributed by atoms with E-state index >= 15 is 0 Å². The Kier molecular flexibility index (Phi) is 5.12. The number of alkyl halides is 3. The molecule has 0 fully saturated rings. The lowest BCUT2D eigenvalue weighted by molar-refractivity contribution is -0.138. The third-order valence-electron chi connectivity index (χ3n) is 2.55. The van der Waals surface area contributed by atoms with Crippen LogP contribution in [0.3, 0.4) is 0 Å². The average molecular weight is 349 g/mol. The molecule has 0 aromatic heterocycles. The molecule has 0 bridgehead atoms. The third kappa shape index (κ3) is 4.21. The van der Waals surface area contributed by atoms with Crippen molar-refractivity contribution in [3.63, 3.8) is 0 Å². The molecule has 2 N–H and O–H groups in total. The average Bonchev–Trinajstić information content (AvgIpc) is 2.29. The number of sulfonamides is 1. The quantitative estimate of drug-likeness (QED) is 0.672. The van der Waals surface area contributed by atoms with Gasteiger partial charge in [-0.25, -0.2) is 12.8 Å². The highest BCUT2D eigenvalue weighted by Gasteiger charge is 2.39. The fourth-order valence-electron chi connectivity index (χ4n) is 1.59. The Bertz CT molecular complexity index is 632. The Morgan fingerprint density at radius 2 is 1.86 bits per heavy atom. The van der Waals surface area contributed by atoms with Crippen molar-refractivity contribution in [2.45, 2.75) is 31.0 Å². The van der Waals surface area contributed by atoms with Gasteiger partial charge < -0.3 is 5.73 Å². The smallest absolute Gasteiger partial charge is 0.396 e. The van der Waals surface area contributed by atoms with Crippen molar-refractivity contribution in [1.29, 1.82) is 0 Å². The van der Waals surface area contributed by atoms with Crippen LogP contribution in [-0.4, -0.2) is 31.5 Å². The molecule has 120 valence electrons. The molecule has 0 amide bonds. The summed E-state index contributed by atoms with van der Waals surface area (Å²) in [5.74, 6) is -0.953. The molecule has 1 aromatic carbocycles. The highest BCUT2D eigenvalue weighted by Crippen LogP contribution is 2.31. The Hall–Kier alpha value is -1.06. The molecule has 0 atom stereocenters. The van der Waals surface area contributed by atoms with Gasteiger partial charge in [-0.1, -0.05) is 11.6 Å². The van der Waals surface area contributed by atoms with Crippen LogP contribution in [0.5, 0.6) is 0 Å². The van der Waals surface area contributed by atoms with Gasteiger partial charge in [0.15, 0.2) is 0 Å². The number of halogens is 5. The predicted octanol–water partition coefficient (Wildman–Crippen LogP) is 3.02. The standard InChI is InChI=1S/C11H13ClF4N2O2S/c1-6(2)18(5-11(14,15)16)21(19,20)10-4-9(17)8(13)3-7(10)12/h3-4,6H,5,17H2,1-2H3. The first-order valence-electron chi connectivity index (χ1n) is 5.69. The van der Waals surface area contributed by atoms with Gasteiger partial charge in [-0.15, -0.1) is 0 Å². The van der Waals surface area contributed by atoms with E-state index in [0.717, 1.165) is 0 Å². The molecular formula is C11H13ClF4N2O2S. The third-order valence-corrected chi connectivity index (χ3v) is 5.04. The van der Waals surface area contributed by atoms with Crippen molar-refractivity contribution in [2.24, 2.45) is 0 Å². The van der Waals surface area contributed by atoms with Crippen LogP contribution in [-0.2, 0) is 10.0 Å². The number of rotatable bonds is 4. The summed E-state index contributed by atoms with van der Waals surface area (Å²) in [5, 5.41) is -0.533. The van der Waals surface area contributed by atoms with Crippen LogP contribution in [0.2, 0.25) is 5.02 Å². The number of hydrogen-bond donors (Lipinski definition) is 1. The molecule has 0 aliphatic rings. The van der Waals surface area contributed by atoms with Gasteiger partial charge in [0.25, 0.3) is 0 Å². The fourth-order valence-corrected chi connectivity index (χ4v) is 3.74. The van der Waals surface area contributed by atoms with Gasteiger partial charge in [0.1, 0.15) is 17.3 Å². The van der Waals surface area contributed by atoms with Crippen LogP contribution in [0.15, 0.2) is 17.0 Å². The molecule has 0 saturated carbocycles. The Labute approximate surface area is 124 Å². The maximum absolute atomic E-state index is 13.2. The number of nitrogens with two attached hydrogens (primary N) is 1. The van der Waals surface area contributed by atoms with Crippen LogP contribution in [0.4, 0.5) is 23.2 Å². The molecule has 1 rings (SSSR count). The predicted molar refractivity (Wildman–Crippen MR) is 70.9 cm³/mol. The number of benzene rings is 1. The molecule has 0 aliphatic heterocycles. The number of nitrogens with zero attached hydrogens (tertiary/aromatic N) is 1. The van der Waals surface area contributed by atoms with Crippen molar-refractivity contribution in [3.05, 3.63) is 23.0 Å². The zero-order valence-corrected chi connectivity index (χ0v) is 12.7. The summed E-state index contributed by atoms with van der Waals surface area (Å²) >= 11 is 5.62. The van der Waals surface area contributed by atoms with Gasteiger partial charge >= 0.3 is 6.18 Å². The van der Waals surface area contributed by atoms with Gasteiger partial charge in [-0.3, -0.25) is 0 Å². The highest BCUT2D eigenvalue weighted by molar-refractivity contribution is 7.89. The van der Waals surface area contributed by atoms with E-state index < -0.39 is 50.2 Å². The SMILES string of the molecule is CC(C)N(CC(F)(F)F)S(=O)(=O)c1cc(N)c(F)cc1Cl. The summed E-state index contributed by atoms with van der Waals surface area (Å²) in [6, 6.07) is 0.383. The molecule has 0 saturated heterocycles. The molecule has 4 nitrogen and oxygen atoms in total. The summed E-state index contributed by atoms with van der Waals surface area (Å²) in [5.41, 5.74) is 4.73. The first-order valence-corrected chi connectivity index (χ1v) is 7.51. The van der Waals surface area contributed by atoms with E-state index in [2.05, 4.69) is 0 Å². The van der Waals surface area contributed by atoms with Crippen molar-refractivity contribution >= 4 is 27.3 Å². The second-order valence-corrected chi connectivity index (χ2v) is 6.83. The minimum Gasteiger partial charge on any atom is -0.396 e. The molecule has 21 heavy (non-hydrogen) atoms. The van der Waals surface area contributed by atoms with E-state index in [1.54, 1.807) is 0 Å². The van der Waals surface area contributed by atoms with Crippen LogP contribution >= 0.6 is 11.6 Å². The van der Waals surface area contributed by atoms with Gasteiger partial charge in [0, 0.05) is 6.04 Å². The second-order valence-electron chi connectivity index (χ2n) is 4.56. The molecular weight excluding hydrogens is 336 g/mol. The van der Waals surface area contributed by atoms with Crippen molar-refractivity contribution < 1.29 is 26.0 Å². The van der Waals surface area contributed by atoms with Crippen LogP contribution in [0, 0.1) is 5.82 Å². The summed E-state index contributed by atoms with van der Waals surface area (Å²) in [7, 11) is -4.57. The summed E-state index contributed by atoms with van der Waals surface area (Å²) in [6.45, 7) is 0.884. The van der Waals surface area contributed by atoms with Crippen molar-refractivity contribution in [3.8, 4) is 0 Å². The van der Waals surface area contributed by atoms with Crippen LogP contribution in [0.25, 0.3) is 0 Å². The Balaban J connectivity index is 3.40. The van der Waals surface area contributed by atoms with E-state index in [1.807, 2.05) is 0 Å². The molecule has 0 heterocycles. The monoisotopic (exact) mass is 348 g/mol. The second kappa shape index (κ2) is 5.98. The van der Waals surface area contributed by atoms with E-state index in [9.17, 15) is 26.0 Å². The van der Waals surface area contributed by atoms with Crippen molar-refractivity contribution in [1.82, 2.24) is 4.31 Å². The lowest BCUT2D eigenvalue weighted by Gasteiger charge is -2.27. The van der Waals surface area contributed by atoms with E-state index in [0.29, 0.717) is 12.1 Å². The number of hydrogen-bond acceptors (Lipinski definition) is 3. The fraction of sp³-hybridized carbons (Fsp3) is 0.455. The lowest BCUT2D eigenvalue weighted by Crippen LogP contribution is -2.43. The van der Waals surface area contributed by atoms with Crippen LogP contribution < -0.4 is 5.73 Å². The zero-order chi connectivity index (χ0) is 16.6. The molecule has 0 aliphatic carbocycles. The number of nitrogen functional groups attached to an aromatic ring is 1. The van der Waals surface area contributed by atoms with Gasteiger partial charge in [0.2, 0.25) is 10.0 Å². The molecule has 1 aromatic rings. The van der Waals surface area contributed by atoms with Gasteiger partial charge in [0.05, 0.1) is 10.7 Å². The van der Waals surface area contributed by atoms with Crippen molar-refractivity contribution in [2.75, 3.05) is 12.3 Å². The maximum Gasteiger partial charge on any atom is 0.402 e. The highest BCUT2D eigenvalue weighted by atomic mass is 35.5. The number of anilines is 1. The first kappa shape index (κ1) is 18.0. The minimum atomic E-state index is -4.73. The molecule has 0 radical (unpaired) electrons. The zero-order valence-electron chi connectivity index (χ0n) is 11.1. The largest absolute Gasteiger partial charge is 0.402 e. The van der Waals surface area contributed by atoms with E-state index in [-0.39, 0.29) is 4.31 Å². The van der Waals surface area contributed by atoms with Gasteiger partial charge in [-0.2, -0.15) is 17.5 Å². The Morgan fingerprint density at radius 3 is 2.29 bits per heavy atom.